The van der Waals surface area contributed by atoms with E-state index in [-0.39, 0.29) is 11.9 Å². The zero-order valence-electron chi connectivity index (χ0n) is 13.8. The monoisotopic (exact) mass is 315 g/mol. The normalized spacial score (nSPS) is 11.8. The zero-order chi connectivity index (χ0) is 17.0. The lowest BCUT2D eigenvalue weighted by Crippen LogP contribution is -2.27. The first kappa shape index (κ1) is 16.7. The van der Waals surface area contributed by atoms with Crippen molar-refractivity contribution in [2.75, 3.05) is 6.61 Å². The molecule has 0 spiro atoms. The van der Waals surface area contributed by atoms with E-state index in [1.165, 1.54) is 0 Å². The Morgan fingerprint density at radius 1 is 1.30 bits per heavy atom. The van der Waals surface area contributed by atoms with Gasteiger partial charge >= 0.3 is 5.97 Å². The molecule has 2 rings (SSSR count). The van der Waals surface area contributed by atoms with E-state index >= 15 is 0 Å². The van der Waals surface area contributed by atoms with Crippen LogP contribution >= 0.6 is 0 Å². The lowest BCUT2D eigenvalue weighted by Gasteiger charge is -2.13. The van der Waals surface area contributed by atoms with Crippen molar-refractivity contribution in [3.8, 4) is 0 Å². The van der Waals surface area contributed by atoms with Gasteiger partial charge in [-0.05, 0) is 51.0 Å². The summed E-state index contributed by atoms with van der Waals surface area (Å²) in [4.78, 5) is 31.4. The van der Waals surface area contributed by atoms with Crippen molar-refractivity contribution in [3.05, 3.63) is 52.6 Å². The molecule has 6 heteroatoms. The molecule has 0 aliphatic carbocycles. The highest BCUT2D eigenvalue weighted by Gasteiger charge is 2.23. The molecule has 2 aromatic rings. The van der Waals surface area contributed by atoms with Crippen molar-refractivity contribution in [2.24, 2.45) is 0 Å². The van der Waals surface area contributed by atoms with Gasteiger partial charge in [0.15, 0.2) is 0 Å². The fourth-order valence-corrected chi connectivity index (χ4v) is 2.49. The van der Waals surface area contributed by atoms with Crippen molar-refractivity contribution < 1.29 is 14.3 Å². The number of amides is 1. The number of aromatic nitrogens is 2. The van der Waals surface area contributed by atoms with Crippen LogP contribution in [0.2, 0.25) is 0 Å². The third kappa shape index (κ3) is 3.59. The second kappa shape index (κ2) is 7.09. The van der Waals surface area contributed by atoms with E-state index in [4.69, 9.17) is 4.74 Å². The fraction of sp³-hybridized carbons (Fsp3) is 0.353. The Labute approximate surface area is 135 Å². The summed E-state index contributed by atoms with van der Waals surface area (Å²) < 4.78 is 5.04. The van der Waals surface area contributed by atoms with E-state index in [0.29, 0.717) is 29.1 Å². The molecule has 0 aliphatic heterocycles. The van der Waals surface area contributed by atoms with Crippen molar-refractivity contribution in [1.29, 1.82) is 0 Å². The number of pyridine rings is 1. The summed E-state index contributed by atoms with van der Waals surface area (Å²) in [6, 6.07) is 3.53. The highest BCUT2D eigenvalue weighted by Crippen LogP contribution is 2.20. The summed E-state index contributed by atoms with van der Waals surface area (Å²) in [5.74, 6) is -0.676. The fourth-order valence-electron chi connectivity index (χ4n) is 2.49. The third-order valence-electron chi connectivity index (χ3n) is 3.70. The van der Waals surface area contributed by atoms with Crippen LogP contribution < -0.4 is 5.32 Å². The molecule has 1 amide bonds. The maximum Gasteiger partial charge on any atom is 0.340 e. The molecule has 1 atom stereocenters. The lowest BCUT2D eigenvalue weighted by atomic mass is 10.1. The standard InChI is InChI=1S/C17H21N3O3/c1-5-23-17(22)14-10(2)15(19-12(14)4)16(21)20-11(3)13-6-8-18-9-7-13/h6-9,11,19H,5H2,1-4H3,(H,20,21)/t11-/m1/s1. The first-order valence-electron chi connectivity index (χ1n) is 7.52. The highest BCUT2D eigenvalue weighted by atomic mass is 16.5. The smallest absolute Gasteiger partial charge is 0.340 e. The Hall–Kier alpha value is -2.63. The number of aromatic amines is 1. The summed E-state index contributed by atoms with van der Waals surface area (Å²) in [6.07, 6.45) is 3.36. The predicted octanol–water partition coefficient (Wildman–Crippen LogP) is 2.69. The summed E-state index contributed by atoms with van der Waals surface area (Å²) in [7, 11) is 0. The van der Waals surface area contributed by atoms with Crippen molar-refractivity contribution >= 4 is 11.9 Å². The molecule has 2 heterocycles. The molecule has 2 aromatic heterocycles. The number of aryl methyl sites for hydroxylation is 1. The van der Waals surface area contributed by atoms with E-state index in [1.807, 2.05) is 19.1 Å². The minimum absolute atomic E-state index is 0.167. The van der Waals surface area contributed by atoms with Crippen molar-refractivity contribution in [2.45, 2.75) is 33.7 Å². The molecule has 23 heavy (non-hydrogen) atoms. The van der Waals surface area contributed by atoms with E-state index in [2.05, 4.69) is 15.3 Å². The van der Waals surface area contributed by atoms with Crippen LogP contribution in [0.5, 0.6) is 0 Å². The van der Waals surface area contributed by atoms with Gasteiger partial charge in [-0.3, -0.25) is 9.78 Å². The minimum atomic E-state index is -0.417. The second-order valence-electron chi connectivity index (χ2n) is 5.32. The van der Waals surface area contributed by atoms with Crippen LogP contribution in [0, 0.1) is 13.8 Å². The molecular weight excluding hydrogens is 294 g/mol. The molecule has 0 bridgehead atoms. The van der Waals surface area contributed by atoms with Gasteiger partial charge in [0.2, 0.25) is 0 Å². The van der Waals surface area contributed by atoms with Crippen LogP contribution in [-0.4, -0.2) is 28.5 Å². The third-order valence-corrected chi connectivity index (χ3v) is 3.70. The topological polar surface area (TPSA) is 84.1 Å². The van der Waals surface area contributed by atoms with Gasteiger partial charge in [0.1, 0.15) is 5.69 Å². The molecule has 0 aliphatic rings. The van der Waals surface area contributed by atoms with Crippen LogP contribution in [0.25, 0.3) is 0 Å². The first-order chi connectivity index (χ1) is 11.0. The van der Waals surface area contributed by atoms with Gasteiger partial charge < -0.3 is 15.0 Å². The summed E-state index contributed by atoms with van der Waals surface area (Å²) in [5.41, 5.74) is 2.99. The molecular formula is C17H21N3O3. The van der Waals surface area contributed by atoms with Gasteiger partial charge in [0.25, 0.3) is 5.91 Å². The van der Waals surface area contributed by atoms with E-state index in [0.717, 1.165) is 5.56 Å². The number of carbonyl (C=O) groups is 2. The van der Waals surface area contributed by atoms with Gasteiger partial charge in [-0.15, -0.1) is 0 Å². The van der Waals surface area contributed by atoms with Gasteiger partial charge in [-0.25, -0.2) is 4.79 Å². The Balaban J connectivity index is 2.20. The summed E-state index contributed by atoms with van der Waals surface area (Å²) in [5, 5.41) is 2.91. The first-order valence-corrected chi connectivity index (χ1v) is 7.52. The minimum Gasteiger partial charge on any atom is -0.462 e. The quantitative estimate of drug-likeness (QED) is 0.831. The molecule has 0 unspecified atom stereocenters. The predicted molar refractivity (Wildman–Crippen MR) is 86.3 cm³/mol. The van der Waals surface area contributed by atoms with Crippen LogP contribution in [-0.2, 0) is 4.74 Å². The average Bonchev–Trinajstić information content (AvgIpc) is 2.83. The number of nitrogens with zero attached hydrogens (tertiary/aromatic N) is 1. The van der Waals surface area contributed by atoms with Gasteiger partial charge in [-0.1, -0.05) is 0 Å². The summed E-state index contributed by atoms with van der Waals surface area (Å²) >= 11 is 0. The Morgan fingerprint density at radius 3 is 2.57 bits per heavy atom. The number of carbonyl (C=O) groups excluding carboxylic acids is 2. The number of hydrogen-bond donors (Lipinski definition) is 2. The number of rotatable bonds is 5. The number of esters is 1. The van der Waals surface area contributed by atoms with Crippen LogP contribution in [0.3, 0.4) is 0 Å². The number of nitrogens with one attached hydrogen (secondary N) is 2. The van der Waals surface area contributed by atoms with Gasteiger partial charge in [0.05, 0.1) is 18.2 Å². The van der Waals surface area contributed by atoms with Crippen molar-refractivity contribution in [3.63, 3.8) is 0 Å². The van der Waals surface area contributed by atoms with E-state index in [1.54, 1.807) is 33.2 Å². The average molecular weight is 315 g/mol. The Kier molecular flexibility index (Phi) is 5.16. The highest BCUT2D eigenvalue weighted by molar-refractivity contribution is 6.00. The van der Waals surface area contributed by atoms with Gasteiger partial charge in [0, 0.05) is 18.1 Å². The van der Waals surface area contributed by atoms with Gasteiger partial charge in [-0.2, -0.15) is 0 Å². The summed E-state index contributed by atoms with van der Waals surface area (Å²) in [6.45, 7) is 7.43. The Morgan fingerprint density at radius 2 is 1.96 bits per heavy atom. The van der Waals surface area contributed by atoms with Crippen LogP contribution in [0.1, 0.15) is 57.6 Å². The second-order valence-corrected chi connectivity index (χ2v) is 5.32. The zero-order valence-corrected chi connectivity index (χ0v) is 13.8. The van der Waals surface area contributed by atoms with Crippen molar-refractivity contribution in [1.82, 2.24) is 15.3 Å². The van der Waals surface area contributed by atoms with Crippen LogP contribution in [0.15, 0.2) is 24.5 Å². The largest absolute Gasteiger partial charge is 0.462 e. The molecule has 0 aromatic carbocycles. The molecule has 2 N–H and O–H groups in total. The number of H-pyrrole nitrogens is 1. The number of ether oxygens (including phenoxy) is 1. The lowest BCUT2D eigenvalue weighted by molar-refractivity contribution is 0.0525. The molecule has 122 valence electrons. The van der Waals surface area contributed by atoms with E-state index in [9.17, 15) is 9.59 Å². The molecule has 6 nitrogen and oxygen atoms in total. The van der Waals surface area contributed by atoms with E-state index < -0.39 is 5.97 Å². The maximum absolute atomic E-state index is 12.5. The molecule has 0 radical (unpaired) electrons. The Bertz CT molecular complexity index is 707. The molecule has 0 saturated carbocycles. The molecule has 0 saturated heterocycles. The van der Waals surface area contributed by atoms with Crippen LogP contribution in [0.4, 0.5) is 0 Å². The number of hydrogen-bond acceptors (Lipinski definition) is 4. The molecule has 0 fully saturated rings. The SMILES string of the molecule is CCOC(=O)c1c(C)[nH]c(C(=O)N[C@H](C)c2ccncc2)c1C. The maximum atomic E-state index is 12.5.